The van der Waals surface area contributed by atoms with Crippen LogP contribution in [0.3, 0.4) is 0 Å². The van der Waals surface area contributed by atoms with Crippen LogP contribution in [0.25, 0.3) is 0 Å². The molecule has 1 fully saturated rings. The molecule has 2 atom stereocenters. The lowest BCUT2D eigenvalue weighted by molar-refractivity contribution is 0.0915. The summed E-state index contributed by atoms with van der Waals surface area (Å²) in [6.07, 6.45) is 3.43. The van der Waals surface area contributed by atoms with Crippen molar-refractivity contribution in [1.82, 2.24) is 5.32 Å². The van der Waals surface area contributed by atoms with Crippen LogP contribution >= 0.6 is 11.3 Å². The first-order chi connectivity index (χ1) is 9.99. The molecule has 2 unspecified atom stereocenters. The highest BCUT2D eigenvalue weighted by molar-refractivity contribution is 7.14. The summed E-state index contributed by atoms with van der Waals surface area (Å²) in [6, 6.07) is 2.23. The Morgan fingerprint density at radius 2 is 2.05 bits per heavy atom. The molecule has 4 heteroatoms. The molecule has 1 saturated carbocycles. The van der Waals surface area contributed by atoms with Crippen LogP contribution < -0.4 is 11.1 Å². The van der Waals surface area contributed by atoms with Gasteiger partial charge in [-0.25, -0.2) is 0 Å². The Hall–Kier alpha value is -1.31. The van der Waals surface area contributed by atoms with Crippen molar-refractivity contribution in [3.8, 4) is 11.8 Å². The van der Waals surface area contributed by atoms with Gasteiger partial charge >= 0.3 is 0 Å². The lowest BCUT2D eigenvalue weighted by Crippen LogP contribution is -2.39. The Kier molecular flexibility index (Phi) is 5.44. The molecule has 21 heavy (non-hydrogen) atoms. The summed E-state index contributed by atoms with van der Waals surface area (Å²) in [7, 11) is 0. The van der Waals surface area contributed by atoms with Crippen LogP contribution in [0, 0.1) is 30.6 Å². The number of aryl methyl sites for hydroxylation is 1. The Bertz CT molecular complexity index is 557. The molecule has 0 saturated heterocycles. The summed E-state index contributed by atoms with van der Waals surface area (Å²) in [5, 5.41) is 3.19. The third kappa shape index (κ3) is 4.33. The van der Waals surface area contributed by atoms with Crippen LogP contribution in [-0.2, 0) is 0 Å². The minimum Gasteiger partial charge on any atom is -0.349 e. The number of thiophene rings is 1. The van der Waals surface area contributed by atoms with Crippen LogP contribution in [0.4, 0.5) is 0 Å². The van der Waals surface area contributed by atoms with E-state index in [0.29, 0.717) is 24.4 Å². The molecule has 1 aliphatic rings. The van der Waals surface area contributed by atoms with E-state index < -0.39 is 0 Å². The summed E-state index contributed by atoms with van der Waals surface area (Å²) in [5.41, 5.74) is 6.45. The quantitative estimate of drug-likeness (QED) is 0.825. The molecule has 0 spiro atoms. The van der Waals surface area contributed by atoms with Crippen molar-refractivity contribution in [2.24, 2.45) is 17.6 Å². The van der Waals surface area contributed by atoms with E-state index in [4.69, 9.17) is 5.73 Å². The van der Waals surface area contributed by atoms with Crippen molar-refractivity contribution < 1.29 is 4.79 Å². The maximum Gasteiger partial charge on any atom is 0.261 e. The van der Waals surface area contributed by atoms with Gasteiger partial charge in [-0.05, 0) is 49.7 Å². The molecule has 0 radical (unpaired) electrons. The standard InChI is InChI=1S/C17H24N2OS/c1-11-7-12(2)9-14(8-11)19-17(20)16-10-13(3)15(21-16)5-4-6-18/h10-12,14H,6-9,18H2,1-3H3,(H,19,20). The molecule has 1 aromatic heterocycles. The number of rotatable bonds is 2. The van der Waals surface area contributed by atoms with Gasteiger partial charge in [0.1, 0.15) is 0 Å². The Morgan fingerprint density at radius 3 is 2.67 bits per heavy atom. The number of nitrogens with two attached hydrogens (primary N) is 1. The van der Waals surface area contributed by atoms with Crippen LogP contribution in [0.15, 0.2) is 6.07 Å². The van der Waals surface area contributed by atoms with E-state index in [1.165, 1.54) is 17.8 Å². The van der Waals surface area contributed by atoms with E-state index >= 15 is 0 Å². The largest absolute Gasteiger partial charge is 0.349 e. The monoisotopic (exact) mass is 304 g/mol. The first kappa shape index (κ1) is 16.1. The average molecular weight is 304 g/mol. The number of carbonyl (C=O) groups excluding carboxylic acids is 1. The molecular weight excluding hydrogens is 280 g/mol. The summed E-state index contributed by atoms with van der Waals surface area (Å²) in [4.78, 5) is 14.1. The fourth-order valence-electron chi connectivity index (χ4n) is 3.17. The second-order valence-electron chi connectivity index (χ2n) is 6.22. The minimum absolute atomic E-state index is 0.0372. The molecule has 0 bridgehead atoms. The molecule has 1 heterocycles. The summed E-state index contributed by atoms with van der Waals surface area (Å²) in [5.74, 6) is 7.29. The molecule has 1 amide bonds. The first-order valence-electron chi connectivity index (χ1n) is 7.59. The third-order valence-corrected chi connectivity index (χ3v) is 5.11. The Balaban J connectivity index is 2.03. The molecule has 1 aliphatic carbocycles. The Morgan fingerprint density at radius 1 is 1.38 bits per heavy atom. The first-order valence-corrected chi connectivity index (χ1v) is 8.41. The van der Waals surface area contributed by atoms with Crippen molar-refractivity contribution in [3.05, 3.63) is 21.4 Å². The predicted molar refractivity (Wildman–Crippen MR) is 88.4 cm³/mol. The molecule has 3 N–H and O–H groups in total. The van der Waals surface area contributed by atoms with Crippen molar-refractivity contribution >= 4 is 17.2 Å². The number of hydrogen-bond acceptors (Lipinski definition) is 3. The van der Waals surface area contributed by atoms with E-state index in [2.05, 4.69) is 31.0 Å². The minimum atomic E-state index is 0.0372. The van der Waals surface area contributed by atoms with Crippen LogP contribution in [0.5, 0.6) is 0 Å². The van der Waals surface area contributed by atoms with Crippen LogP contribution in [-0.4, -0.2) is 18.5 Å². The summed E-state index contributed by atoms with van der Waals surface area (Å²) < 4.78 is 0. The number of amides is 1. The smallest absolute Gasteiger partial charge is 0.261 e. The SMILES string of the molecule is Cc1cc(C(=O)NC2CC(C)CC(C)C2)sc1C#CCN. The number of carbonyl (C=O) groups is 1. The maximum absolute atomic E-state index is 12.4. The Labute approximate surface area is 131 Å². The van der Waals surface area contributed by atoms with Crippen molar-refractivity contribution in [3.63, 3.8) is 0 Å². The van der Waals surface area contributed by atoms with Gasteiger partial charge in [-0.2, -0.15) is 0 Å². The normalized spacial score (nSPS) is 25.0. The van der Waals surface area contributed by atoms with E-state index in [-0.39, 0.29) is 5.91 Å². The molecule has 3 nitrogen and oxygen atoms in total. The van der Waals surface area contributed by atoms with Crippen molar-refractivity contribution in [2.75, 3.05) is 6.54 Å². The lowest BCUT2D eigenvalue weighted by Gasteiger charge is -2.31. The average Bonchev–Trinajstić information content (AvgIpc) is 2.76. The van der Waals surface area contributed by atoms with E-state index in [1.807, 2.05) is 13.0 Å². The fourth-order valence-corrected chi connectivity index (χ4v) is 4.12. The van der Waals surface area contributed by atoms with Crippen molar-refractivity contribution in [1.29, 1.82) is 0 Å². The highest BCUT2D eigenvalue weighted by atomic mass is 32.1. The van der Waals surface area contributed by atoms with E-state index in [1.54, 1.807) is 0 Å². The molecule has 2 rings (SSSR count). The molecule has 114 valence electrons. The van der Waals surface area contributed by atoms with Gasteiger partial charge < -0.3 is 11.1 Å². The second kappa shape index (κ2) is 7.11. The highest BCUT2D eigenvalue weighted by Gasteiger charge is 2.25. The van der Waals surface area contributed by atoms with Gasteiger partial charge in [0.15, 0.2) is 0 Å². The zero-order chi connectivity index (χ0) is 15.4. The number of nitrogens with one attached hydrogen (secondary N) is 1. The van der Waals surface area contributed by atoms with Gasteiger partial charge in [0, 0.05) is 6.04 Å². The van der Waals surface area contributed by atoms with Gasteiger partial charge in [-0.15, -0.1) is 11.3 Å². The highest BCUT2D eigenvalue weighted by Crippen LogP contribution is 2.29. The second-order valence-corrected chi connectivity index (χ2v) is 7.27. The van der Waals surface area contributed by atoms with Gasteiger partial charge in [-0.1, -0.05) is 25.7 Å². The van der Waals surface area contributed by atoms with Gasteiger partial charge in [-0.3, -0.25) is 4.79 Å². The van der Waals surface area contributed by atoms with E-state index in [9.17, 15) is 4.79 Å². The summed E-state index contributed by atoms with van der Waals surface area (Å²) in [6.45, 7) is 6.87. The molecule has 0 aromatic carbocycles. The van der Waals surface area contributed by atoms with E-state index in [0.717, 1.165) is 28.2 Å². The maximum atomic E-state index is 12.4. The van der Waals surface area contributed by atoms with Crippen LogP contribution in [0.2, 0.25) is 0 Å². The molecular formula is C17H24N2OS. The third-order valence-electron chi connectivity index (χ3n) is 3.96. The zero-order valence-electron chi connectivity index (χ0n) is 13.0. The fraction of sp³-hybridized carbons (Fsp3) is 0.588. The van der Waals surface area contributed by atoms with Crippen LogP contribution in [0.1, 0.15) is 53.2 Å². The van der Waals surface area contributed by atoms with Gasteiger partial charge in [0.2, 0.25) is 0 Å². The van der Waals surface area contributed by atoms with Gasteiger partial charge in [0.05, 0.1) is 16.3 Å². The van der Waals surface area contributed by atoms with Gasteiger partial charge in [0.25, 0.3) is 5.91 Å². The predicted octanol–water partition coefficient (Wildman–Crippen LogP) is 2.92. The zero-order valence-corrected chi connectivity index (χ0v) is 13.8. The lowest BCUT2D eigenvalue weighted by atomic mass is 9.80. The topological polar surface area (TPSA) is 55.1 Å². The number of hydrogen-bond donors (Lipinski definition) is 2. The molecule has 0 aliphatic heterocycles. The summed E-state index contributed by atoms with van der Waals surface area (Å²) >= 11 is 1.46. The van der Waals surface area contributed by atoms with Crippen molar-refractivity contribution in [2.45, 2.75) is 46.1 Å². The molecule has 1 aromatic rings.